The van der Waals surface area contributed by atoms with E-state index < -0.39 is 0 Å². The van der Waals surface area contributed by atoms with Crippen LogP contribution in [-0.4, -0.2) is 46.5 Å². The lowest BCUT2D eigenvalue weighted by molar-refractivity contribution is 0.215. The molecule has 1 fully saturated rings. The van der Waals surface area contributed by atoms with Gasteiger partial charge in [0.1, 0.15) is 11.6 Å². The fourth-order valence-corrected chi connectivity index (χ4v) is 4.15. The van der Waals surface area contributed by atoms with Crippen molar-refractivity contribution in [2.24, 2.45) is 0 Å². The number of hydrogen-bond donors (Lipinski definition) is 1. The molecule has 2 aromatic carbocycles. The predicted molar refractivity (Wildman–Crippen MR) is 118 cm³/mol. The summed E-state index contributed by atoms with van der Waals surface area (Å²) in [6.45, 7) is 4.81. The summed E-state index contributed by atoms with van der Waals surface area (Å²) in [5.74, 6) is 0.455. The maximum atomic E-state index is 13.3. The largest absolute Gasteiger partial charge is 0.345 e. The summed E-state index contributed by atoms with van der Waals surface area (Å²) in [6, 6.07) is 14.1. The number of rotatable bonds is 4. The quantitative estimate of drug-likeness (QED) is 0.676. The van der Waals surface area contributed by atoms with Crippen LogP contribution in [0.25, 0.3) is 0 Å². The highest BCUT2D eigenvalue weighted by Gasteiger charge is 2.21. The van der Waals surface area contributed by atoms with E-state index in [0.29, 0.717) is 31.7 Å². The Morgan fingerprint density at radius 3 is 2.77 bits per heavy atom. The Labute approximate surface area is 179 Å². The first kappa shape index (κ1) is 20.3. The number of benzene rings is 2. The Kier molecular flexibility index (Phi) is 6.23. The molecule has 2 heterocycles. The number of amides is 2. The first-order valence-corrected chi connectivity index (χ1v) is 10.8. The van der Waals surface area contributed by atoms with Gasteiger partial charge in [-0.15, -0.1) is 0 Å². The van der Waals surface area contributed by atoms with Crippen LogP contribution in [0.15, 0.2) is 48.5 Å². The van der Waals surface area contributed by atoms with Crippen LogP contribution in [-0.2, 0) is 6.42 Å². The summed E-state index contributed by atoms with van der Waals surface area (Å²) >= 11 is 1.41. The molecule has 0 bridgehead atoms. The Bertz CT molecular complexity index is 1010. The van der Waals surface area contributed by atoms with E-state index in [0.717, 1.165) is 23.9 Å². The molecule has 0 unspecified atom stereocenters. The number of hydrogen-bond acceptors (Lipinski definition) is 5. The van der Waals surface area contributed by atoms with Gasteiger partial charge in [-0.1, -0.05) is 35.9 Å². The number of nitrogens with zero attached hydrogens (tertiary/aromatic N) is 4. The summed E-state index contributed by atoms with van der Waals surface area (Å²) in [5, 5.41) is 3.67. The van der Waals surface area contributed by atoms with Crippen LogP contribution < -0.4 is 10.2 Å². The topological polar surface area (TPSA) is 61.4 Å². The summed E-state index contributed by atoms with van der Waals surface area (Å²) in [6.07, 6.45) is 1.55. The molecule has 1 saturated heterocycles. The van der Waals surface area contributed by atoms with E-state index in [1.807, 2.05) is 0 Å². The molecular weight excluding hydrogens is 401 g/mol. The maximum absolute atomic E-state index is 13.3. The third-order valence-corrected chi connectivity index (χ3v) is 5.88. The van der Waals surface area contributed by atoms with Crippen molar-refractivity contribution in [2.75, 3.05) is 36.4 Å². The van der Waals surface area contributed by atoms with E-state index in [1.165, 1.54) is 34.8 Å². The van der Waals surface area contributed by atoms with E-state index in [-0.39, 0.29) is 11.8 Å². The maximum Gasteiger partial charge on any atom is 0.321 e. The fourth-order valence-electron chi connectivity index (χ4n) is 3.41. The molecule has 30 heavy (non-hydrogen) atoms. The molecule has 0 atom stereocenters. The summed E-state index contributed by atoms with van der Waals surface area (Å²) in [5.41, 5.74) is 2.90. The lowest BCUT2D eigenvalue weighted by Crippen LogP contribution is -2.38. The van der Waals surface area contributed by atoms with E-state index in [1.54, 1.807) is 17.0 Å². The van der Waals surface area contributed by atoms with Crippen LogP contribution in [0.3, 0.4) is 0 Å². The van der Waals surface area contributed by atoms with Gasteiger partial charge in [-0.3, -0.25) is 0 Å². The van der Waals surface area contributed by atoms with Crippen molar-refractivity contribution in [1.82, 2.24) is 14.3 Å². The van der Waals surface area contributed by atoms with Gasteiger partial charge in [0.15, 0.2) is 0 Å². The van der Waals surface area contributed by atoms with Crippen molar-refractivity contribution in [3.63, 3.8) is 0 Å². The van der Waals surface area contributed by atoms with Crippen molar-refractivity contribution in [1.29, 1.82) is 0 Å². The van der Waals surface area contributed by atoms with Crippen LogP contribution in [0.2, 0.25) is 0 Å². The van der Waals surface area contributed by atoms with Gasteiger partial charge in [-0.25, -0.2) is 14.2 Å². The second kappa shape index (κ2) is 9.21. The number of anilines is 2. The SMILES string of the molecule is Cc1ccc(Cc2nsc(N3CCCN(C(=O)Nc4cccc(F)c4)CC3)n2)cc1. The number of carbonyl (C=O) groups excluding carboxylic acids is 1. The van der Waals surface area contributed by atoms with Gasteiger partial charge in [-0.2, -0.15) is 4.37 Å². The minimum atomic E-state index is -0.368. The first-order chi connectivity index (χ1) is 14.6. The van der Waals surface area contributed by atoms with Gasteiger partial charge in [0.05, 0.1) is 0 Å². The van der Waals surface area contributed by atoms with Gasteiger partial charge >= 0.3 is 6.03 Å². The molecule has 0 saturated carbocycles. The molecule has 1 aliphatic rings. The van der Waals surface area contributed by atoms with Crippen LogP contribution in [0.1, 0.15) is 23.4 Å². The van der Waals surface area contributed by atoms with Crippen LogP contribution >= 0.6 is 11.5 Å². The normalized spacial score (nSPS) is 14.5. The Hall–Kier alpha value is -3.00. The molecule has 8 heteroatoms. The molecule has 0 aliphatic carbocycles. The van der Waals surface area contributed by atoms with Gasteiger partial charge in [0, 0.05) is 49.8 Å². The van der Waals surface area contributed by atoms with Gasteiger partial charge in [0.2, 0.25) is 5.13 Å². The van der Waals surface area contributed by atoms with Crippen molar-refractivity contribution in [3.8, 4) is 0 Å². The van der Waals surface area contributed by atoms with E-state index >= 15 is 0 Å². The zero-order valence-electron chi connectivity index (χ0n) is 16.8. The average molecular weight is 426 g/mol. The molecule has 0 spiro atoms. The third-order valence-electron chi connectivity index (χ3n) is 5.07. The van der Waals surface area contributed by atoms with Crippen LogP contribution in [0, 0.1) is 12.7 Å². The van der Waals surface area contributed by atoms with Gasteiger partial charge in [-0.05, 0) is 37.1 Å². The predicted octanol–water partition coefficient (Wildman–Crippen LogP) is 4.32. The molecule has 1 N–H and O–H groups in total. The Morgan fingerprint density at radius 2 is 1.97 bits per heavy atom. The molecule has 2 amide bonds. The number of nitrogens with one attached hydrogen (secondary N) is 1. The molecule has 0 radical (unpaired) electrons. The molecule has 1 aliphatic heterocycles. The number of aromatic nitrogens is 2. The molecule has 156 valence electrons. The molecule has 1 aromatic heterocycles. The highest BCUT2D eigenvalue weighted by molar-refractivity contribution is 7.09. The number of carbonyl (C=O) groups is 1. The first-order valence-electron chi connectivity index (χ1n) is 10.0. The van der Waals surface area contributed by atoms with Crippen molar-refractivity contribution in [3.05, 3.63) is 71.3 Å². The number of aryl methyl sites for hydroxylation is 1. The number of urea groups is 1. The molecular formula is C22H24FN5OS. The lowest BCUT2D eigenvalue weighted by atomic mass is 10.1. The minimum Gasteiger partial charge on any atom is -0.345 e. The fraction of sp³-hybridized carbons (Fsp3) is 0.318. The van der Waals surface area contributed by atoms with Crippen molar-refractivity contribution < 1.29 is 9.18 Å². The molecule has 6 nitrogen and oxygen atoms in total. The lowest BCUT2D eigenvalue weighted by Gasteiger charge is -2.22. The average Bonchev–Trinajstić information content (AvgIpc) is 3.04. The second-order valence-electron chi connectivity index (χ2n) is 7.42. The summed E-state index contributed by atoms with van der Waals surface area (Å²) in [4.78, 5) is 21.2. The highest BCUT2D eigenvalue weighted by Crippen LogP contribution is 2.21. The van der Waals surface area contributed by atoms with Gasteiger partial charge < -0.3 is 15.1 Å². The van der Waals surface area contributed by atoms with E-state index in [2.05, 4.69) is 45.8 Å². The summed E-state index contributed by atoms with van der Waals surface area (Å²) < 4.78 is 17.9. The third kappa shape index (κ3) is 5.13. The van der Waals surface area contributed by atoms with Crippen molar-refractivity contribution >= 4 is 28.4 Å². The molecule has 3 aromatic rings. The standard InChI is InChI=1S/C22H24FN5OS/c1-16-6-8-17(9-7-16)14-20-25-22(30-26-20)28-11-3-10-27(12-13-28)21(29)24-19-5-2-4-18(23)15-19/h2,4-9,15H,3,10-14H2,1H3,(H,24,29). The number of halogens is 1. The summed E-state index contributed by atoms with van der Waals surface area (Å²) in [7, 11) is 0. The Balaban J connectivity index is 1.34. The van der Waals surface area contributed by atoms with Crippen molar-refractivity contribution in [2.45, 2.75) is 19.8 Å². The Morgan fingerprint density at radius 1 is 1.13 bits per heavy atom. The van der Waals surface area contributed by atoms with Crippen LogP contribution in [0.4, 0.5) is 20.0 Å². The zero-order valence-corrected chi connectivity index (χ0v) is 17.7. The second-order valence-corrected chi connectivity index (χ2v) is 8.15. The zero-order chi connectivity index (χ0) is 20.9. The smallest absolute Gasteiger partial charge is 0.321 e. The molecule has 4 rings (SSSR count). The minimum absolute atomic E-state index is 0.209. The van der Waals surface area contributed by atoms with E-state index in [9.17, 15) is 9.18 Å². The van der Waals surface area contributed by atoms with Crippen LogP contribution in [0.5, 0.6) is 0 Å². The highest BCUT2D eigenvalue weighted by atomic mass is 32.1. The van der Waals surface area contributed by atoms with E-state index in [4.69, 9.17) is 4.98 Å². The monoisotopic (exact) mass is 425 g/mol. The van der Waals surface area contributed by atoms with Gasteiger partial charge in [0.25, 0.3) is 0 Å².